The molecule has 2 atom stereocenters. The maximum Gasteiger partial charge on any atom is 0.0898 e. The maximum atomic E-state index is 5.94. The van der Waals surface area contributed by atoms with Gasteiger partial charge in [-0.25, -0.2) is 0 Å². The first kappa shape index (κ1) is 15.2. The summed E-state index contributed by atoms with van der Waals surface area (Å²) in [5, 5.41) is 4.54. The summed E-state index contributed by atoms with van der Waals surface area (Å²) in [5.41, 5.74) is 3.52. The number of hydrogen-bond acceptors (Lipinski definition) is 4. The molecule has 2 aromatic rings. The Morgan fingerprint density at radius 3 is 2.95 bits per heavy atom. The summed E-state index contributed by atoms with van der Waals surface area (Å²) in [4.78, 5) is 6.70. The van der Waals surface area contributed by atoms with Gasteiger partial charge in [0.1, 0.15) is 0 Å². The molecule has 1 fully saturated rings. The topological polar surface area (TPSA) is 43.2 Å². The van der Waals surface area contributed by atoms with Crippen LogP contribution in [0.3, 0.4) is 0 Å². The molecular weight excluding hydrogens is 276 g/mol. The Morgan fingerprint density at radius 1 is 1.41 bits per heavy atom. The molecule has 5 nitrogen and oxygen atoms in total. The van der Waals surface area contributed by atoms with Crippen molar-refractivity contribution in [1.82, 2.24) is 19.7 Å². The number of pyridine rings is 1. The SMILES string of the molecule is Cc1cc(C)n(C[C@@H]2CN([C@@H](C)c3cccnc3)CCO2)n1. The molecule has 0 N–H and O–H groups in total. The summed E-state index contributed by atoms with van der Waals surface area (Å²) >= 11 is 0. The van der Waals surface area contributed by atoms with Gasteiger partial charge in [0.25, 0.3) is 0 Å². The number of rotatable bonds is 4. The molecule has 1 aliphatic heterocycles. The Labute approximate surface area is 131 Å². The molecule has 5 heteroatoms. The van der Waals surface area contributed by atoms with Crippen molar-refractivity contribution in [1.29, 1.82) is 0 Å². The minimum absolute atomic E-state index is 0.186. The monoisotopic (exact) mass is 300 g/mol. The highest BCUT2D eigenvalue weighted by atomic mass is 16.5. The van der Waals surface area contributed by atoms with Crippen molar-refractivity contribution in [3.63, 3.8) is 0 Å². The molecule has 0 bridgehead atoms. The second-order valence-electron chi connectivity index (χ2n) is 6.06. The Bertz CT molecular complexity index is 610. The van der Waals surface area contributed by atoms with E-state index >= 15 is 0 Å². The van der Waals surface area contributed by atoms with Gasteiger partial charge in [-0.15, -0.1) is 0 Å². The highest BCUT2D eigenvalue weighted by Gasteiger charge is 2.25. The molecule has 0 saturated carbocycles. The first-order valence-corrected chi connectivity index (χ1v) is 7.90. The fourth-order valence-corrected chi connectivity index (χ4v) is 3.09. The van der Waals surface area contributed by atoms with Gasteiger partial charge >= 0.3 is 0 Å². The Balaban J connectivity index is 1.65. The standard InChI is InChI=1S/C17H24N4O/c1-13-9-14(2)21(19-13)12-17-11-20(7-8-22-17)15(3)16-5-4-6-18-10-16/h4-6,9-10,15,17H,7-8,11-12H2,1-3H3/t15-,17-/m0/s1. The van der Waals surface area contributed by atoms with Crippen LogP contribution in [0, 0.1) is 13.8 Å². The summed E-state index contributed by atoms with van der Waals surface area (Å²) in [6.07, 6.45) is 3.96. The summed E-state index contributed by atoms with van der Waals surface area (Å²) < 4.78 is 8.00. The smallest absolute Gasteiger partial charge is 0.0898 e. The zero-order valence-electron chi connectivity index (χ0n) is 13.6. The van der Waals surface area contributed by atoms with Crippen molar-refractivity contribution >= 4 is 0 Å². The van der Waals surface area contributed by atoms with Crippen molar-refractivity contribution in [2.24, 2.45) is 0 Å². The number of aryl methyl sites for hydroxylation is 2. The summed E-state index contributed by atoms with van der Waals surface area (Å²) in [7, 11) is 0. The van der Waals surface area contributed by atoms with Gasteiger partial charge in [-0.1, -0.05) is 6.07 Å². The first-order valence-electron chi connectivity index (χ1n) is 7.90. The van der Waals surface area contributed by atoms with E-state index in [0.29, 0.717) is 6.04 Å². The minimum Gasteiger partial charge on any atom is -0.374 e. The zero-order valence-corrected chi connectivity index (χ0v) is 13.6. The maximum absolute atomic E-state index is 5.94. The van der Waals surface area contributed by atoms with Crippen molar-refractivity contribution < 1.29 is 4.74 Å². The zero-order chi connectivity index (χ0) is 15.5. The predicted molar refractivity (Wildman–Crippen MR) is 85.7 cm³/mol. The van der Waals surface area contributed by atoms with Crippen LogP contribution in [0.5, 0.6) is 0 Å². The average molecular weight is 300 g/mol. The van der Waals surface area contributed by atoms with Crippen molar-refractivity contribution in [2.75, 3.05) is 19.7 Å². The highest BCUT2D eigenvalue weighted by molar-refractivity contribution is 5.13. The molecule has 0 radical (unpaired) electrons. The van der Waals surface area contributed by atoms with Gasteiger partial charge in [-0.05, 0) is 38.5 Å². The number of morpholine rings is 1. The molecule has 0 unspecified atom stereocenters. The van der Waals surface area contributed by atoms with Gasteiger partial charge in [0.05, 0.1) is 24.9 Å². The third-order valence-corrected chi connectivity index (χ3v) is 4.36. The summed E-state index contributed by atoms with van der Waals surface area (Å²) in [6.45, 7) is 9.84. The molecule has 0 aliphatic carbocycles. The molecule has 118 valence electrons. The van der Waals surface area contributed by atoms with Gasteiger partial charge in [0, 0.05) is 37.2 Å². The molecule has 22 heavy (non-hydrogen) atoms. The van der Waals surface area contributed by atoms with E-state index in [9.17, 15) is 0 Å². The normalized spacial score (nSPS) is 21.0. The van der Waals surface area contributed by atoms with Gasteiger partial charge in [0.2, 0.25) is 0 Å². The largest absolute Gasteiger partial charge is 0.374 e. The molecule has 1 saturated heterocycles. The van der Waals surface area contributed by atoms with Crippen LogP contribution in [0.2, 0.25) is 0 Å². The van der Waals surface area contributed by atoms with Crippen LogP contribution in [0.15, 0.2) is 30.6 Å². The molecular formula is C17H24N4O. The van der Waals surface area contributed by atoms with Crippen molar-refractivity contribution in [3.05, 3.63) is 47.5 Å². The fourth-order valence-electron chi connectivity index (χ4n) is 3.09. The molecule has 1 aliphatic rings. The first-order chi connectivity index (χ1) is 10.6. The Kier molecular flexibility index (Phi) is 4.55. The van der Waals surface area contributed by atoms with Crippen LogP contribution in [-0.2, 0) is 11.3 Å². The lowest BCUT2D eigenvalue weighted by molar-refractivity contribution is -0.0499. The van der Waals surface area contributed by atoms with Gasteiger partial charge in [0.15, 0.2) is 0 Å². The lowest BCUT2D eigenvalue weighted by Gasteiger charge is -2.37. The van der Waals surface area contributed by atoms with Gasteiger partial charge in [-0.3, -0.25) is 14.6 Å². The van der Waals surface area contributed by atoms with E-state index in [1.165, 1.54) is 11.3 Å². The second-order valence-corrected chi connectivity index (χ2v) is 6.06. The van der Waals surface area contributed by atoms with Crippen LogP contribution in [0.1, 0.15) is 29.9 Å². The lowest BCUT2D eigenvalue weighted by atomic mass is 10.1. The van der Waals surface area contributed by atoms with Crippen LogP contribution in [-0.4, -0.2) is 45.5 Å². The van der Waals surface area contributed by atoms with E-state index in [4.69, 9.17) is 4.74 Å². The van der Waals surface area contributed by atoms with Gasteiger partial charge < -0.3 is 4.74 Å². The molecule has 3 rings (SSSR count). The van der Waals surface area contributed by atoms with E-state index in [1.54, 1.807) is 0 Å². The summed E-state index contributed by atoms with van der Waals surface area (Å²) in [5.74, 6) is 0. The lowest BCUT2D eigenvalue weighted by Crippen LogP contribution is -2.45. The molecule has 0 spiro atoms. The van der Waals surface area contributed by atoms with Crippen LogP contribution in [0.25, 0.3) is 0 Å². The fraction of sp³-hybridized carbons (Fsp3) is 0.529. The van der Waals surface area contributed by atoms with E-state index < -0.39 is 0 Å². The van der Waals surface area contributed by atoms with Crippen LogP contribution in [0.4, 0.5) is 0 Å². The summed E-state index contributed by atoms with van der Waals surface area (Å²) in [6, 6.07) is 6.61. The van der Waals surface area contributed by atoms with Gasteiger partial charge in [-0.2, -0.15) is 5.10 Å². The van der Waals surface area contributed by atoms with E-state index in [0.717, 1.165) is 31.9 Å². The van der Waals surface area contributed by atoms with Crippen molar-refractivity contribution in [3.8, 4) is 0 Å². The predicted octanol–water partition coefficient (Wildman–Crippen LogP) is 2.36. The minimum atomic E-state index is 0.186. The highest BCUT2D eigenvalue weighted by Crippen LogP contribution is 2.22. The molecule has 3 heterocycles. The second kappa shape index (κ2) is 6.58. The van der Waals surface area contributed by atoms with Crippen LogP contribution < -0.4 is 0 Å². The van der Waals surface area contributed by atoms with E-state index in [1.807, 2.05) is 25.4 Å². The average Bonchev–Trinajstić information content (AvgIpc) is 2.85. The molecule has 0 amide bonds. The molecule has 2 aromatic heterocycles. The quantitative estimate of drug-likeness (QED) is 0.869. The third-order valence-electron chi connectivity index (χ3n) is 4.36. The van der Waals surface area contributed by atoms with E-state index in [-0.39, 0.29) is 6.10 Å². The number of aromatic nitrogens is 3. The van der Waals surface area contributed by atoms with Crippen molar-refractivity contribution in [2.45, 2.75) is 39.5 Å². The number of nitrogens with zero attached hydrogens (tertiary/aromatic N) is 4. The number of ether oxygens (including phenoxy) is 1. The van der Waals surface area contributed by atoms with E-state index in [2.05, 4.69) is 45.6 Å². The third kappa shape index (κ3) is 3.36. The number of hydrogen-bond donors (Lipinski definition) is 0. The molecule has 0 aromatic carbocycles. The Hall–Kier alpha value is -1.72. The Morgan fingerprint density at radius 2 is 2.27 bits per heavy atom. The van der Waals surface area contributed by atoms with Crippen LogP contribution >= 0.6 is 0 Å².